The number of thioether (sulfide) groups is 1. The fraction of sp³-hybridized carbons (Fsp3) is 0.385. The number of benzene rings is 1. The zero-order valence-electron chi connectivity index (χ0n) is 12.0. The molecule has 0 saturated heterocycles. The number of nitrogens with one attached hydrogen (secondary N) is 1. The van der Waals surface area contributed by atoms with Crippen molar-refractivity contribution in [1.82, 2.24) is 10.2 Å². The van der Waals surface area contributed by atoms with Crippen LogP contribution in [0, 0.1) is 0 Å². The molecule has 0 fully saturated rings. The molecule has 0 aliphatic rings. The number of ether oxygens (including phenoxy) is 2. The van der Waals surface area contributed by atoms with Gasteiger partial charge >= 0.3 is 0 Å². The van der Waals surface area contributed by atoms with Gasteiger partial charge in [0.1, 0.15) is 0 Å². The first kappa shape index (κ1) is 16.4. The van der Waals surface area contributed by atoms with Crippen LogP contribution in [0.1, 0.15) is 12.5 Å². The Bertz CT molecular complexity index is 607. The summed E-state index contributed by atoms with van der Waals surface area (Å²) in [7, 11) is 3.26. The molecular weight excluding hydrogens is 374 g/mol. The third-order valence-electron chi connectivity index (χ3n) is 2.64. The Kier molecular flexibility index (Phi) is 6.13. The van der Waals surface area contributed by atoms with E-state index in [4.69, 9.17) is 9.47 Å². The maximum absolute atomic E-state index is 5.33. The lowest BCUT2D eigenvalue weighted by molar-refractivity contribution is 0.354. The predicted octanol–water partition coefficient (Wildman–Crippen LogP) is 4.04. The first-order valence-corrected chi connectivity index (χ1v) is 8.88. The molecule has 5 nitrogen and oxygen atoms in total. The monoisotopic (exact) mass is 389 g/mol. The van der Waals surface area contributed by atoms with Gasteiger partial charge in [0.05, 0.1) is 14.2 Å². The lowest BCUT2D eigenvalue weighted by Gasteiger charge is -2.11. The van der Waals surface area contributed by atoms with E-state index in [2.05, 4.69) is 31.4 Å². The molecule has 0 atom stereocenters. The average Bonchev–Trinajstić information content (AvgIpc) is 2.93. The van der Waals surface area contributed by atoms with Gasteiger partial charge in [0, 0.05) is 16.8 Å². The predicted molar refractivity (Wildman–Crippen MR) is 90.9 cm³/mol. The molecule has 114 valence electrons. The fourth-order valence-electron chi connectivity index (χ4n) is 1.64. The molecule has 8 heteroatoms. The number of methoxy groups -OCH3 is 2. The van der Waals surface area contributed by atoms with Gasteiger partial charge in [-0.1, -0.05) is 39.0 Å². The first-order valence-electron chi connectivity index (χ1n) is 6.28. The lowest BCUT2D eigenvalue weighted by Crippen LogP contribution is -1.94. The van der Waals surface area contributed by atoms with E-state index >= 15 is 0 Å². The molecule has 1 heterocycles. The average molecular weight is 390 g/mol. The maximum atomic E-state index is 5.33. The molecular formula is C13H16BrN3O2S2. The first-order chi connectivity index (χ1) is 10.2. The summed E-state index contributed by atoms with van der Waals surface area (Å²) in [5.41, 5.74) is 1.12. The van der Waals surface area contributed by atoms with Crippen molar-refractivity contribution in [2.45, 2.75) is 17.0 Å². The minimum Gasteiger partial charge on any atom is -0.493 e. The summed E-state index contributed by atoms with van der Waals surface area (Å²) in [6.45, 7) is 2.88. The molecule has 1 N–H and O–H groups in total. The third-order valence-corrected chi connectivity index (χ3v) is 5.44. The Balaban J connectivity index is 2.08. The molecule has 0 unspecified atom stereocenters. The van der Waals surface area contributed by atoms with Gasteiger partial charge < -0.3 is 14.8 Å². The number of nitrogens with zero attached hydrogens (tertiary/aromatic N) is 2. The molecule has 21 heavy (non-hydrogen) atoms. The minimum absolute atomic E-state index is 0.712. The molecule has 0 spiro atoms. The Labute approximate surface area is 140 Å². The van der Waals surface area contributed by atoms with Crippen molar-refractivity contribution >= 4 is 44.2 Å². The van der Waals surface area contributed by atoms with E-state index in [0.29, 0.717) is 5.75 Å². The van der Waals surface area contributed by atoms with E-state index in [1.54, 1.807) is 37.3 Å². The van der Waals surface area contributed by atoms with Crippen molar-refractivity contribution in [1.29, 1.82) is 0 Å². The number of hydrogen-bond acceptors (Lipinski definition) is 7. The molecule has 0 amide bonds. The van der Waals surface area contributed by atoms with E-state index in [9.17, 15) is 0 Å². The lowest BCUT2D eigenvalue weighted by atomic mass is 10.2. The summed E-state index contributed by atoms with van der Waals surface area (Å²) < 4.78 is 12.5. The largest absolute Gasteiger partial charge is 0.493 e. The van der Waals surface area contributed by atoms with Crippen LogP contribution < -0.4 is 14.8 Å². The van der Waals surface area contributed by atoms with Crippen LogP contribution in [0.2, 0.25) is 0 Å². The van der Waals surface area contributed by atoms with Crippen LogP contribution in [0.15, 0.2) is 20.9 Å². The standard InChI is InChI=1S/C13H16BrN3O2S2/c1-4-15-12-16-17-13(21-12)20-7-8-5-10(18-2)11(19-3)6-9(8)14/h5-6H,4,7H2,1-3H3,(H,15,16). The second kappa shape index (κ2) is 7.86. The second-order valence-electron chi connectivity index (χ2n) is 3.99. The third kappa shape index (κ3) is 4.24. The number of rotatable bonds is 7. The van der Waals surface area contributed by atoms with Crippen LogP contribution in [0.25, 0.3) is 0 Å². The van der Waals surface area contributed by atoms with Crippen LogP contribution in [0.4, 0.5) is 5.13 Å². The molecule has 0 radical (unpaired) electrons. The summed E-state index contributed by atoms with van der Waals surface area (Å²) in [5.74, 6) is 2.21. The van der Waals surface area contributed by atoms with Crippen LogP contribution >= 0.6 is 39.0 Å². The highest BCUT2D eigenvalue weighted by Gasteiger charge is 2.11. The second-order valence-corrected chi connectivity index (χ2v) is 7.05. The van der Waals surface area contributed by atoms with Crippen molar-refractivity contribution in [3.05, 3.63) is 22.2 Å². The molecule has 0 bridgehead atoms. The van der Waals surface area contributed by atoms with Crippen LogP contribution in [0.3, 0.4) is 0 Å². The van der Waals surface area contributed by atoms with E-state index < -0.39 is 0 Å². The number of hydrogen-bond donors (Lipinski definition) is 1. The number of anilines is 1. The van der Waals surface area contributed by atoms with Crippen LogP contribution in [0.5, 0.6) is 11.5 Å². The van der Waals surface area contributed by atoms with Crippen LogP contribution in [-0.2, 0) is 5.75 Å². The highest BCUT2D eigenvalue weighted by Crippen LogP contribution is 2.36. The van der Waals surface area contributed by atoms with Crippen molar-refractivity contribution in [2.24, 2.45) is 0 Å². The minimum atomic E-state index is 0.712. The Morgan fingerprint density at radius 2 is 1.95 bits per heavy atom. The molecule has 1 aromatic heterocycles. The van der Waals surface area contributed by atoms with Crippen LogP contribution in [-0.4, -0.2) is 31.0 Å². The van der Waals surface area contributed by atoms with Gasteiger partial charge in [0.2, 0.25) is 5.13 Å². The van der Waals surface area contributed by atoms with Gasteiger partial charge in [-0.05, 0) is 24.6 Å². The maximum Gasteiger partial charge on any atom is 0.206 e. The molecule has 2 rings (SSSR count). The highest BCUT2D eigenvalue weighted by atomic mass is 79.9. The highest BCUT2D eigenvalue weighted by molar-refractivity contribution is 9.10. The number of aromatic nitrogens is 2. The zero-order chi connectivity index (χ0) is 15.2. The summed E-state index contributed by atoms with van der Waals surface area (Å²) in [6.07, 6.45) is 0. The van der Waals surface area contributed by atoms with Crippen molar-refractivity contribution in [3.63, 3.8) is 0 Å². The van der Waals surface area contributed by atoms with Gasteiger partial charge in [0.15, 0.2) is 15.8 Å². The molecule has 0 saturated carbocycles. The zero-order valence-corrected chi connectivity index (χ0v) is 15.2. The fourth-order valence-corrected chi connectivity index (χ4v) is 4.10. The SMILES string of the molecule is CCNc1nnc(SCc2cc(OC)c(OC)cc2Br)s1. The van der Waals surface area contributed by atoms with Gasteiger partial charge in [-0.25, -0.2) is 0 Å². The van der Waals surface area contributed by atoms with Crippen molar-refractivity contribution < 1.29 is 9.47 Å². The summed E-state index contributed by atoms with van der Waals surface area (Å²) >= 11 is 6.77. The topological polar surface area (TPSA) is 56.3 Å². The van der Waals surface area contributed by atoms with Gasteiger partial charge in [-0.3, -0.25) is 0 Å². The summed E-state index contributed by atoms with van der Waals surface area (Å²) in [6, 6.07) is 3.89. The van der Waals surface area contributed by atoms with Gasteiger partial charge in [-0.2, -0.15) is 0 Å². The van der Waals surface area contributed by atoms with Gasteiger partial charge in [-0.15, -0.1) is 10.2 Å². The van der Waals surface area contributed by atoms with E-state index in [0.717, 1.165) is 37.6 Å². The Morgan fingerprint density at radius 3 is 2.62 bits per heavy atom. The summed E-state index contributed by atoms with van der Waals surface area (Å²) in [4.78, 5) is 0. The van der Waals surface area contributed by atoms with E-state index in [1.165, 1.54) is 0 Å². The Hall–Kier alpha value is -0.990. The van der Waals surface area contributed by atoms with Crippen molar-refractivity contribution in [3.8, 4) is 11.5 Å². The molecule has 2 aromatic rings. The summed E-state index contributed by atoms with van der Waals surface area (Å²) in [5, 5.41) is 12.2. The van der Waals surface area contributed by atoms with Crippen molar-refractivity contribution in [2.75, 3.05) is 26.1 Å². The molecule has 0 aliphatic heterocycles. The smallest absolute Gasteiger partial charge is 0.206 e. The Morgan fingerprint density at radius 1 is 1.24 bits per heavy atom. The van der Waals surface area contributed by atoms with E-state index in [-0.39, 0.29) is 0 Å². The van der Waals surface area contributed by atoms with E-state index in [1.807, 2.05) is 19.1 Å². The van der Waals surface area contributed by atoms with Gasteiger partial charge in [0.25, 0.3) is 0 Å². The number of halogens is 1. The quantitative estimate of drug-likeness (QED) is 0.721. The molecule has 0 aliphatic carbocycles. The molecule has 1 aromatic carbocycles. The normalized spacial score (nSPS) is 10.5.